The number of rotatable bonds is 0. The highest BCUT2D eigenvalue weighted by molar-refractivity contribution is 8.03. The predicted molar refractivity (Wildman–Crippen MR) is 30.1 cm³/mol. The second kappa shape index (κ2) is 4.47. The van der Waals surface area contributed by atoms with Crippen LogP contribution in [0, 0.1) is 23.5 Å². The van der Waals surface area contributed by atoms with Crippen LogP contribution in [0.15, 0.2) is 0 Å². The number of hydrogen-bond donors (Lipinski definition) is 0. The molecule has 0 saturated carbocycles. The average molecular weight is 96.2 g/mol. The molecule has 0 aromatic heterocycles. The van der Waals surface area contributed by atoms with Gasteiger partial charge in [0.1, 0.15) is 0 Å². The van der Waals surface area contributed by atoms with Crippen molar-refractivity contribution in [2.75, 3.05) is 6.26 Å². The monoisotopic (exact) mass is 96.0 g/mol. The third kappa shape index (κ3) is 3.47. The molecule has 0 aromatic rings. The lowest BCUT2D eigenvalue weighted by molar-refractivity contribution is 2.49. The first-order valence-corrected chi connectivity index (χ1v) is 2.63. The Balaban J connectivity index is 3.22. The fourth-order valence-corrected chi connectivity index (χ4v) is 0.241. The third-order valence-electron chi connectivity index (χ3n) is 0.225. The van der Waals surface area contributed by atoms with Crippen LogP contribution in [-0.4, -0.2) is 6.26 Å². The maximum absolute atomic E-state index is 4.78. The highest BCUT2D eigenvalue weighted by atomic mass is 32.2. The molecule has 0 atom stereocenters. The second-order valence-electron chi connectivity index (χ2n) is 0.576. The Morgan fingerprint density at radius 1 is 1.67 bits per heavy atom. The lowest BCUT2D eigenvalue weighted by atomic mass is 10.7. The maximum atomic E-state index is 4.78. The van der Waals surface area contributed by atoms with Gasteiger partial charge in [0.25, 0.3) is 0 Å². The van der Waals surface area contributed by atoms with E-state index < -0.39 is 0 Å². The van der Waals surface area contributed by atoms with E-state index in [2.05, 4.69) is 17.1 Å². The average Bonchev–Trinajstić information content (AvgIpc) is 1.61. The summed E-state index contributed by atoms with van der Waals surface area (Å²) in [6.07, 6.45) is 6.66. The van der Waals surface area contributed by atoms with Gasteiger partial charge in [-0.25, -0.2) is 0 Å². The molecule has 0 amide bonds. The fraction of sp³-hybridized carbons (Fsp3) is 0.200. The first kappa shape index (κ1) is 5.47. The molecule has 0 unspecified atom stereocenters. The molecule has 0 bridgehead atoms. The molecule has 0 aliphatic carbocycles. The Labute approximate surface area is 42.3 Å². The minimum Gasteiger partial charge on any atom is -0.106 e. The van der Waals surface area contributed by atoms with E-state index in [0.29, 0.717) is 0 Å². The summed E-state index contributed by atoms with van der Waals surface area (Å²) in [5.41, 5.74) is 0. The maximum Gasteiger partial charge on any atom is -0.00352 e. The van der Waals surface area contributed by atoms with Crippen LogP contribution < -0.4 is 0 Å². The molecule has 0 N–H and O–H groups in total. The van der Waals surface area contributed by atoms with Crippen LogP contribution >= 0.6 is 11.8 Å². The van der Waals surface area contributed by atoms with Crippen LogP contribution in [0.3, 0.4) is 0 Å². The predicted octanol–water partition coefficient (Wildman–Crippen LogP) is 0.944. The van der Waals surface area contributed by atoms with Crippen molar-refractivity contribution in [3.05, 3.63) is 0 Å². The lowest BCUT2D eigenvalue weighted by Crippen LogP contribution is -1.41. The topological polar surface area (TPSA) is 0 Å². The molecule has 0 spiro atoms. The molecule has 0 fully saturated rings. The van der Waals surface area contributed by atoms with E-state index in [0.717, 1.165) is 0 Å². The standard InChI is InChI=1S/C5H4S/c1-3-4-5-6-2/h1H,2H3. The molecular weight excluding hydrogens is 92.1 g/mol. The van der Waals surface area contributed by atoms with Crippen molar-refractivity contribution in [2.24, 2.45) is 0 Å². The van der Waals surface area contributed by atoms with Crippen molar-refractivity contribution in [2.45, 2.75) is 0 Å². The Kier molecular flexibility index (Phi) is 4.08. The zero-order valence-electron chi connectivity index (χ0n) is 3.49. The van der Waals surface area contributed by atoms with Crippen molar-refractivity contribution in [1.82, 2.24) is 0 Å². The van der Waals surface area contributed by atoms with Gasteiger partial charge in [-0.05, 0) is 23.3 Å². The van der Waals surface area contributed by atoms with E-state index in [9.17, 15) is 0 Å². The van der Waals surface area contributed by atoms with E-state index >= 15 is 0 Å². The molecule has 0 aliphatic heterocycles. The van der Waals surface area contributed by atoms with Crippen LogP contribution in [0.5, 0.6) is 0 Å². The second-order valence-corrected chi connectivity index (χ2v) is 1.19. The van der Waals surface area contributed by atoms with Crippen LogP contribution in [0.4, 0.5) is 0 Å². The third-order valence-corrected chi connectivity index (χ3v) is 0.531. The van der Waals surface area contributed by atoms with Crippen LogP contribution in [-0.2, 0) is 0 Å². The van der Waals surface area contributed by atoms with Gasteiger partial charge in [0.2, 0.25) is 0 Å². The summed E-state index contributed by atoms with van der Waals surface area (Å²) < 4.78 is 0. The quantitative estimate of drug-likeness (QED) is 0.404. The highest BCUT2D eigenvalue weighted by Gasteiger charge is 1.51. The van der Waals surface area contributed by atoms with Crippen molar-refractivity contribution in [3.63, 3.8) is 0 Å². The van der Waals surface area contributed by atoms with Gasteiger partial charge in [0.15, 0.2) is 0 Å². The minimum absolute atomic E-state index is 1.42. The molecule has 6 heavy (non-hydrogen) atoms. The van der Waals surface area contributed by atoms with Crippen molar-refractivity contribution in [1.29, 1.82) is 0 Å². The number of hydrogen-bond acceptors (Lipinski definition) is 1. The van der Waals surface area contributed by atoms with Gasteiger partial charge >= 0.3 is 0 Å². The van der Waals surface area contributed by atoms with Gasteiger partial charge in [0.05, 0.1) is 0 Å². The highest BCUT2D eigenvalue weighted by Crippen LogP contribution is 1.81. The Morgan fingerprint density at radius 3 is 2.50 bits per heavy atom. The largest absolute Gasteiger partial charge is 0.106 e. The van der Waals surface area contributed by atoms with Gasteiger partial charge in [-0.15, -0.1) is 6.42 Å². The fourth-order valence-electron chi connectivity index (χ4n) is 0.0805. The molecule has 0 radical (unpaired) electrons. The summed E-state index contributed by atoms with van der Waals surface area (Å²) in [5, 5.41) is 2.63. The van der Waals surface area contributed by atoms with Crippen LogP contribution in [0.2, 0.25) is 0 Å². The van der Waals surface area contributed by atoms with E-state index in [-0.39, 0.29) is 0 Å². The first-order chi connectivity index (χ1) is 2.91. The molecule has 0 aliphatic rings. The van der Waals surface area contributed by atoms with Crippen molar-refractivity contribution in [3.8, 4) is 23.5 Å². The summed E-state index contributed by atoms with van der Waals surface area (Å²) in [6, 6.07) is 0. The molecular formula is C5H4S. The summed E-state index contributed by atoms with van der Waals surface area (Å²) in [7, 11) is 0. The van der Waals surface area contributed by atoms with E-state index in [1.54, 1.807) is 0 Å². The zero-order valence-corrected chi connectivity index (χ0v) is 4.30. The van der Waals surface area contributed by atoms with Crippen molar-refractivity contribution >= 4 is 11.8 Å². The van der Waals surface area contributed by atoms with Gasteiger partial charge in [-0.1, -0.05) is 11.8 Å². The summed E-state index contributed by atoms with van der Waals surface area (Å²) in [4.78, 5) is 0. The van der Waals surface area contributed by atoms with Crippen LogP contribution in [0.1, 0.15) is 0 Å². The Morgan fingerprint density at radius 2 is 2.33 bits per heavy atom. The molecule has 0 aromatic carbocycles. The first-order valence-electron chi connectivity index (χ1n) is 1.40. The smallest absolute Gasteiger partial charge is 0.00352 e. The molecule has 0 heterocycles. The summed E-state index contributed by atoms with van der Waals surface area (Å²) in [5.74, 6) is 4.63. The Bertz CT molecular complexity index is 108. The summed E-state index contributed by atoms with van der Waals surface area (Å²) in [6.45, 7) is 0. The Hall–Kier alpha value is -0.530. The lowest BCUT2D eigenvalue weighted by Gasteiger charge is -1.58. The van der Waals surface area contributed by atoms with E-state index in [1.165, 1.54) is 11.8 Å². The van der Waals surface area contributed by atoms with Gasteiger partial charge < -0.3 is 0 Å². The molecule has 1 heteroatoms. The van der Waals surface area contributed by atoms with E-state index in [4.69, 9.17) is 6.42 Å². The minimum atomic E-state index is 1.42. The number of terminal acetylenes is 1. The van der Waals surface area contributed by atoms with Crippen molar-refractivity contribution < 1.29 is 0 Å². The molecule has 0 saturated heterocycles. The molecule has 0 rings (SSSR count). The molecule has 30 valence electrons. The SMILES string of the molecule is C#CC#CSC. The number of thioether (sulfide) groups is 1. The molecule has 0 nitrogen and oxygen atoms in total. The van der Waals surface area contributed by atoms with Crippen LogP contribution in [0.25, 0.3) is 0 Å². The summed E-state index contributed by atoms with van der Waals surface area (Å²) >= 11 is 1.42. The van der Waals surface area contributed by atoms with Gasteiger partial charge in [0, 0.05) is 0 Å². The normalized spacial score (nSPS) is 4.67. The van der Waals surface area contributed by atoms with Gasteiger partial charge in [-0.3, -0.25) is 0 Å². The van der Waals surface area contributed by atoms with Gasteiger partial charge in [-0.2, -0.15) is 0 Å². The van der Waals surface area contributed by atoms with E-state index in [1.807, 2.05) is 6.26 Å². The zero-order chi connectivity index (χ0) is 4.83.